The number of sulfone groups is 1. The number of piperazine rings is 1. The third-order valence-electron chi connectivity index (χ3n) is 4.90. The number of carbonyl (C=O) groups is 1. The van der Waals surface area contributed by atoms with Gasteiger partial charge >= 0.3 is 0 Å². The predicted molar refractivity (Wildman–Crippen MR) is 95.4 cm³/mol. The molecule has 2 saturated heterocycles. The molecule has 8 nitrogen and oxygen atoms in total. The van der Waals surface area contributed by atoms with Gasteiger partial charge in [0.25, 0.3) is 5.91 Å². The Morgan fingerprint density at radius 1 is 1.31 bits per heavy atom. The average molecular weight is 376 g/mol. The van der Waals surface area contributed by atoms with Crippen LogP contribution in [0, 0.1) is 0 Å². The maximum absolute atomic E-state index is 13.0. The van der Waals surface area contributed by atoms with Gasteiger partial charge in [-0.3, -0.25) is 4.79 Å². The zero-order valence-electron chi connectivity index (χ0n) is 14.3. The van der Waals surface area contributed by atoms with Gasteiger partial charge in [0.15, 0.2) is 9.84 Å². The second-order valence-corrected chi connectivity index (χ2v) is 8.70. The lowest BCUT2D eigenvalue weighted by Crippen LogP contribution is -2.59. The summed E-state index contributed by atoms with van der Waals surface area (Å²) in [5.41, 5.74) is 1.16. The fraction of sp³-hybridized carbons (Fsp3) is 0.412. The van der Waals surface area contributed by atoms with Crippen LogP contribution in [0.5, 0.6) is 5.75 Å². The Morgan fingerprint density at radius 3 is 2.92 bits per heavy atom. The molecule has 2 aromatic rings. The Balaban J connectivity index is 1.60. The Hall–Kier alpha value is -2.39. The van der Waals surface area contributed by atoms with Crippen LogP contribution in [-0.2, 0) is 9.84 Å². The van der Waals surface area contributed by atoms with E-state index in [1.807, 2.05) is 24.3 Å². The third kappa shape index (κ3) is 2.97. The van der Waals surface area contributed by atoms with Crippen LogP contribution in [0.3, 0.4) is 0 Å². The van der Waals surface area contributed by atoms with Gasteiger partial charge in [-0.2, -0.15) is 5.10 Å². The van der Waals surface area contributed by atoms with Crippen molar-refractivity contribution >= 4 is 15.7 Å². The number of rotatable bonds is 3. The van der Waals surface area contributed by atoms with Crippen LogP contribution in [0.15, 0.2) is 36.7 Å². The van der Waals surface area contributed by atoms with E-state index in [4.69, 9.17) is 4.74 Å². The summed E-state index contributed by atoms with van der Waals surface area (Å²) in [5.74, 6) is 0.553. The van der Waals surface area contributed by atoms with Gasteiger partial charge in [-0.1, -0.05) is 12.1 Å². The quantitative estimate of drug-likeness (QED) is 0.816. The summed E-state index contributed by atoms with van der Waals surface area (Å²) in [7, 11) is -1.54. The van der Waals surface area contributed by atoms with E-state index in [1.165, 1.54) is 6.20 Å². The highest BCUT2D eigenvalue weighted by Gasteiger charge is 2.44. The molecule has 1 aromatic carbocycles. The maximum Gasteiger partial charge on any atom is 0.257 e. The molecule has 26 heavy (non-hydrogen) atoms. The minimum atomic E-state index is -3.12. The number of nitrogens with one attached hydrogen (secondary N) is 1. The molecule has 1 N–H and O–H groups in total. The van der Waals surface area contributed by atoms with E-state index in [1.54, 1.807) is 22.9 Å². The molecule has 4 rings (SSSR count). The Kier molecular flexibility index (Phi) is 4.20. The van der Waals surface area contributed by atoms with Gasteiger partial charge in [0.2, 0.25) is 0 Å². The fourth-order valence-electron chi connectivity index (χ4n) is 3.67. The number of ether oxygens (including phenoxy) is 1. The normalized spacial score (nSPS) is 24.3. The Bertz CT molecular complexity index is 940. The summed E-state index contributed by atoms with van der Waals surface area (Å²) < 4.78 is 30.8. The van der Waals surface area contributed by atoms with Gasteiger partial charge in [-0.25, -0.2) is 13.1 Å². The molecule has 2 atom stereocenters. The van der Waals surface area contributed by atoms with Gasteiger partial charge in [0, 0.05) is 25.3 Å². The highest BCUT2D eigenvalue weighted by Crippen LogP contribution is 2.25. The fourth-order valence-corrected chi connectivity index (χ4v) is 5.63. The van der Waals surface area contributed by atoms with Crippen LogP contribution in [0.2, 0.25) is 0 Å². The minimum absolute atomic E-state index is 0.0110. The van der Waals surface area contributed by atoms with Crippen molar-refractivity contribution in [2.75, 3.05) is 31.7 Å². The molecule has 2 fully saturated rings. The van der Waals surface area contributed by atoms with Crippen molar-refractivity contribution < 1.29 is 17.9 Å². The molecule has 9 heteroatoms. The van der Waals surface area contributed by atoms with E-state index >= 15 is 0 Å². The number of nitrogens with zero attached hydrogens (tertiary/aromatic N) is 3. The molecule has 0 radical (unpaired) electrons. The second-order valence-electron chi connectivity index (χ2n) is 6.55. The molecular weight excluding hydrogens is 356 g/mol. The molecule has 1 amide bonds. The third-order valence-corrected chi connectivity index (χ3v) is 6.62. The number of carbonyl (C=O) groups excluding carboxylic acids is 1. The highest BCUT2D eigenvalue weighted by atomic mass is 32.2. The molecular formula is C17H20N4O4S. The molecule has 0 bridgehead atoms. The van der Waals surface area contributed by atoms with Crippen LogP contribution in [-0.4, -0.2) is 72.8 Å². The van der Waals surface area contributed by atoms with Gasteiger partial charge in [-0.15, -0.1) is 0 Å². The summed E-state index contributed by atoms with van der Waals surface area (Å²) >= 11 is 0. The largest absolute Gasteiger partial charge is 0.494 e. The standard InChI is InChI=1S/C17H20N4O4S/c1-25-16-5-3-2-4-14(16)21-9-12(8-19-21)17(22)20-7-6-18-13-10-26(23,24)11-15(13)20/h2-5,8-9,13,15,18H,6-7,10-11H2,1H3/t13-,15+/m0/s1. The summed E-state index contributed by atoms with van der Waals surface area (Å²) in [5, 5.41) is 7.49. The molecule has 138 valence electrons. The van der Waals surface area contributed by atoms with Gasteiger partial charge < -0.3 is 15.0 Å². The number of amides is 1. The number of hydrogen-bond donors (Lipinski definition) is 1. The highest BCUT2D eigenvalue weighted by molar-refractivity contribution is 7.91. The number of benzene rings is 1. The molecule has 0 spiro atoms. The van der Waals surface area contributed by atoms with Crippen molar-refractivity contribution in [1.29, 1.82) is 0 Å². The SMILES string of the molecule is COc1ccccc1-n1cc(C(=O)N2CCN[C@H]3CS(=O)(=O)C[C@H]32)cn1. The van der Waals surface area contributed by atoms with Crippen LogP contribution in [0.1, 0.15) is 10.4 Å². The first-order chi connectivity index (χ1) is 12.5. The topological polar surface area (TPSA) is 93.5 Å². The molecule has 0 aliphatic carbocycles. The van der Waals surface area contributed by atoms with Crippen molar-refractivity contribution in [1.82, 2.24) is 20.0 Å². The average Bonchev–Trinajstić information content (AvgIpc) is 3.23. The monoisotopic (exact) mass is 376 g/mol. The van der Waals surface area contributed by atoms with E-state index < -0.39 is 9.84 Å². The van der Waals surface area contributed by atoms with Crippen LogP contribution in [0.25, 0.3) is 5.69 Å². The lowest BCUT2D eigenvalue weighted by Gasteiger charge is -2.37. The van der Waals surface area contributed by atoms with Gasteiger partial charge in [0.1, 0.15) is 11.4 Å². The van der Waals surface area contributed by atoms with E-state index in [0.717, 1.165) is 5.69 Å². The lowest BCUT2D eigenvalue weighted by molar-refractivity contribution is 0.0621. The molecule has 2 aliphatic heterocycles. The van der Waals surface area contributed by atoms with Gasteiger partial charge in [-0.05, 0) is 12.1 Å². The maximum atomic E-state index is 13.0. The molecule has 0 unspecified atom stereocenters. The van der Waals surface area contributed by atoms with Crippen LogP contribution in [0.4, 0.5) is 0 Å². The van der Waals surface area contributed by atoms with Crippen LogP contribution >= 0.6 is 0 Å². The van der Waals surface area contributed by atoms with Crippen molar-refractivity contribution in [2.24, 2.45) is 0 Å². The van der Waals surface area contributed by atoms with E-state index in [-0.39, 0.29) is 29.5 Å². The van der Waals surface area contributed by atoms with E-state index in [9.17, 15) is 13.2 Å². The zero-order valence-corrected chi connectivity index (χ0v) is 15.1. The molecule has 0 saturated carbocycles. The van der Waals surface area contributed by atoms with E-state index in [2.05, 4.69) is 10.4 Å². The van der Waals surface area contributed by atoms with Crippen molar-refractivity contribution in [3.8, 4) is 11.4 Å². The van der Waals surface area contributed by atoms with Gasteiger partial charge in [0.05, 0.1) is 36.4 Å². The number of aromatic nitrogens is 2. The number of para-hydroxylation sites is 2. The number of fused-ring (bicyclic) bond motifs is 1. The van der Waals surface area contributed by atoms with Crippen molar-refractivity contribution in [3.05, 3.63) is 42.2 Å². The smallest absolute Gasteiger partial charge is 0.257 e. The summed E-state index contributed by atoms with van der Waals surface area (Å²) in [6, 6.07) is 6.88. The molecule has 2 aliphatic rings. The summed E-state index contributed by atoms with van der Waals surface area (Å²) in [6.07, 6.45) is 3.16. The van der Waals surface area contributed by atoms with Crippen molar-refractivity contribution in [2.45, 2.75) is 12.1 Å². The van der Waals surface area contributed by atoms with Crippen LogP contribution < -0.4 is 10.1 Å². The first-order valence-electron chi connectivity index (χ1n) is 8.41. The summed E-state index contributed by atoms with van der Waals surface area (Å²) in [6.45, 7) is 1.07. The first-order valence-corrected chi connectivity index (χ1v) is 10.2. The van der Waals surface area contributed by atoms with E-state index in [0.29, 0.717) is 24.4 Å². The number of methoxy groups -OCH3 is 1. The molecule has 1 aromatic heterocycles. The minimum Gasteiger partial charge on any atom is -0.494 e. The second kappa shape index (κ2) is 6.40. The summed E-state index contributed by atoms with van der Waals surface area (Å²) in [4.78, 5) is 14.6. The first kappa shape index (κ1) is 17.0. The Labute approximate surface area is 151 Å². The van der Waals surface area contributed by atoms with Crippen molar-refractivity contribution in [3.63, 3.8) is 0 Å². The number of hydrogen-bond acceptors (Lipinski definition) is 6. The predicted octanol–water partition coefficient (Wildman–Crippen LogP) is 0.0919. The zero-order chi connectivity index (χ0) is 18.3. The lowest BCUT2D eigenvalue weighted by atomic mass is 10.1. The molecule has 3 heterocycles. The Morgan fingerprint density at radius 2 is 2.12 bits per heavy atom.